The van der Waals surface area contributed by atoms with Crippen molar-refractivity contribution < 1.29 is 8.95 Å². The zero-order chi connectivity index (χ0) is 23.3. The molecule has 0 N–H and O–H groups in total. The summed E-state index contributed by atoms with van der Waals surface area (Å²) in [6, 6.07) is 0. The van der Waals surface area contributed by atoms with Crippen LogP contribution in [-0.2, 0) is 15.5 Å². The van der Waals surface area contributed by atoms with Crippen LogP contribution >= 0.6 is 0 Å². The molecule has 178 valence electrons. The van der Waals surface area contributed by atoms with Gasteiger partial charge in [0.25, 0.3) is 0 Å². The second kappa shape index (κ2) is 15.0. The van der Waals surface area contributed by atoms with Gasteiger partial charge in [-0.15, -0.1) is 0 Å². The van der Waals surface area contributed by atoms with E-state index in [-0.39, 0.29) is 5.60 Å². The van der Waals surface area contributed by atoms with E-state index in [2.05, 4.69) is 72.8 Å². The standard InChI is InChI=1S/C28H48O2S/c1-23(2)13-11-21-31(29)22-12-18-25(4)15-9-8-14-24(3)16-10-17-26(5)19-20-27-28(6,7)30-27/h13-15,17,27H,8-12,16,18-22H2,1-7H3/b24-14+,25-15+,26-17+. The summed E-state index contributed by atoms with van der Waals surface area (Å²) < 4.78 is 17.7. The zero-order valence-corrected chi connectivity index (χ0v) is 22.2. The van der Waals surface area contributed by atoms with Crippen molar-refractivity contribution in [2.45, 2.75) is 118 Å². The van der Waals surface area contributed by atoms with Crippen molar-refractivity contribution in [2.24, 2.45) is 0 Å². The van der Waals surface area contributed by atoms with Crippen LogP contribution in [0.25, 0.3) is 0 Å². The van der Waals surface area contributed by atoms with Gasteiger partial charge in [-0.05, 0) is 106 Å². The van der Waals surface area contributed by atoms with Crippen LogP contribution in [0.4, 0.5) is 0 Å². The number of hydrogen-bond acceptors (Lipinski definition) is 2. The van der Waals surface area contributed by atoms with Gasteiger partial charge in [0.15, 0.2) is 0 Å². The molecule has 0 radical (unpaired) electrons. The van der Waals surface area contributed by atoms with Crippen molar-refractivity contribution >= 4 is 10.8 Å². The van der Waals surface area contributed by atoms with Crippen molar-refractivity contribution in [3.63, 3.8) is 0 Å². The summed E-state index contributed by atoms with van der Waals surface area (Å²) >= 11 is 0. The Morgan fingerprint density at radius 2 is 1.32 bits per heavy atom. The molecular formula is C28H48O2S. The molecule has 0 spiro atoms. The minimum atomic E-state index is -0.670. The van der Waals surface area contributed by atoms with E-state index < -0.39 is 10.8 Å². The molecule has 2 nitrogen and oxygen atoms in total. The lowest BCUT2D eigenvalue weighted by Crippen LogP contribution is -2.02. The average Bonchev–Trinajstić information content (AvgIpc) is 3.30. The number of rotatable bonds is 16. The third-order valence-electron chi connectivity index (χ3n) is 5.99. The first-order valence-electron chi connectivity index (χ1n) is 12.2. The second-order valence-electron chi connectivity index (χ2n) is 10.0. The molecule has 1 saturated heterocycles. The van der Waals surface area contributed by atoms with Crippen LogP contribution < -0.4 is 0 Å². The highest BCUT2D eigenvalue weighted by atomic mass is 32.2. The molecule has 0 amide bonds. The Balaban J connectivity index is 2.11. The fraction of sp³-hybridized carbons (Fsp3) is 0.714. The minimum absolute atomic E-state index is 0.122. The minimum Gasteiger partial charge on any atom is -0.367 e. The average molecular weight is 449 g/mol. The van der Waals surface area contributed by atoms with Gasteiger partial charge >= 0.3 is 0 Å². The van der Waals surface area contributed by atoms with Gasteiger partial charge in [-0.25, -0.2) is 0 Å². The monoisotopic (exact) mass is 448 g/mol. The number of hydrogen-bond donors (Lipinski definition) is 0. The molecule has 2 unspecified atom stereocenters. The molecule has 0 bridgehead atoms. The predicted molar refractivity (Wildman–Crippen MR) is 139 cm³/mol. The van der Waals surface area contributed by atoms with Crippen LogP contribution in [0, 0.1) is 0 Å². The first-order chi connectivity index (χ1) is 14.6. The van der Waals surface area contributed by atoms with Crippen molar-refractivity contribution in [2.75, 3.05) is 11.5 Å². The summed E-state index contributed by atoms with van der Waals surface area (Å²) in [4.78, 5) is 0. The Morgan fingerprint density at radius 1 is 0.774 bits per heavy atom. The molecule has 31 heavy (non-hydrogen) atoms. The maximum atomic E-state index is 12.0. The van der Waals surface area contributed by atoms with Crippen LogP contribution in [0.5, 0.6) is 0 Å². The van der Waals surface area contributed by atoms with Crippen molar-refractivity contribution in [1.29, 1.82) is 0 Å². The van der Waals surface area contributed by atoms with Crippen molar-refractivity contribution in [3.05, 3.63) is 46.6 Å². The Kier molecular flexibility index (Phi) is 13.6. The Bertz CT molecular complexity index is 675. The van der Waals surface area contributed by atoms with Gasteiger partial charge in [-0.2, -0.15) is 0 Å². The summed E-state index contributed by atoms with van der Waals surface area (Å²) in [5, 5.41) is 0. The highest BCUT2D eigenvalue weighted by molar-refractivity contribution is 7.84. The molecule has 0 aliphatic carbocycles. The fourth-order valence-corrected chi connectivity index (χ4v) is 4.75. The topological polar surface area (TPSA) is 29.6 Å². The third-order valence-corrected chi connectivity index (χ3v) is 7.43. The molecule has 1 fully saturated rings. The quantitative estimate of drug-likeness (QED) is 0.135. The lowest BCUT2D eigenvalue weighted by molar-refractivity contribution is 0.320. The van der Waals surface area contributed by atoms with Crippen LogP contribution in [0.3, 0.4) is 0 Å². The zero-order valence-electron chi connectivity index (χ0n) is 21.4. The second-order valence-corrected chi connectivity index (χ2v) is 11.7. The third kappa shape index (κ3) is 14.7. The summed E-state index contributed by atoms with van der Waals surface area (Å²) in [7, 11) is -0.670. The van der Waals surface area contributed by atoms with E-state index in [0.717, 1.165) is 69.3 Å². The summed E-state index contributed by atoms with van der Waals surface area (Å²) in [5.74, 6) is 1.64. The maximum absolute atomic E-state index is 12.0. The molecule has 3 heteroatoms. The number of ether oxygens (including phenoxy) is 1. The molecule has 1 heterocycles. The highest BCUT2D eigenvalue weighted by Gasteiger charge is 2.46. The van der Waals surface area contributed by atoms with Gasteiger partial charge in [0.05, 0.1) is 11.7 Å². The smallest absolute Gasteiger partial charge is 0.0892 e. The van der Waals surface area contributed by atoms with Crippen LogP contribution in [0.15, 0.2) is 46.6 Å². The van der Waals surface area contributed by atoms with Gasteiger partial charge in [-0.1, -0.05) is 46.6 Å². The maximum Gasteiger partial charge on any atom is 0.0892 e. The largest absolute Gasteiger partial charge is 0.367 e. The van der Waals surface area contributed by atoms with Crippen LogP contribution in [0.1, 0.15) is 106 Å². The van der Waals surface area contributed by atoms with Crippen LogP contribution in [0.2, 0.25) is 0 Å². The van der Waals surface area contributed by atoms with Gasteiger partial charge in [0.1, 0.15) is 0 Å². The fourth-order valence-electron chi connectivity index (χ4n) is 3.70. The molecule has 0 aromatic carbocycles. The molecule has 1 aliphatic heterocycles. The molecule has 1 aliphatic rings. The van der Waals surface area contributed by atoms with E-state index in [0.29, 0.717) is 6.10 Å². The highest BCUT2D eigenvalue weighted by Crippen LogP contribution is 2.38. The van der Waals surface area contributed by atoms with E-state index >= 15 is 0 Å². The van der Waals surface area contributed by atoms with Crippen LogP contribution in [-0.4, -0.2) is 27.4 Å². The summed E-state index contributed by atoms with van der Waals surface area (Å²) in [6.45, 7) is 15.3. The summed E-state index contributed by atoms with van der Waals surface area (Å²) in [5.41, 5.74) is 5.87. The van der Waals surface area contributed by atoms with E-state index in [1.807, 2.05) is 0 Å². The summed E-state index contributed by atoms with van der Waals surface area (Å²) in [6.07, 6.45) is 19.7. The van der Waals surface area contributed by atoms with Crippen molar-refractivity contribution in [1.82, 2.24) is 0 Å². The van der Waals surface area contributed by atoms with E-state index in [1.165, 1.54) is 22.3 Å². The van der Waals surface area contributed by atoms with E-state index in [4.69, 9.17) is 4.74 Å². The Labute approximate surface area is 195 Å². The first-order valence-corrected chi connectivity index (χ1v) is 13.7. The SMILES string of the molecule is CC(C)=CCCS(=O)CCC/C(C)=C/CC/C=C(\C)CC/C=C(\C)CCC1OC1(C)C. The van der Waals surface area contributed by atoms with E-state index in [1.54, 1.807) is 0 Å². The molecule has 0 saturated carbocycles. The van der Waals surface area contributed by atoms with E-state index in [9.17, 15) is 4.21 Å². The molecular weight excluding hydrogens is 400 g/mol. The van der Waals surface area contributed by atoms with Gasteiger partial charge in [0, 0.05) is 22.3 Å². The molecule has 1 rings (SSSR count). The predicted octanol–water partition coefficient (Wildman–Crippen LogP) is 8.23. The van der Waals surface area contributed by atoms with Gasteiger partial charge in [-0.3, -0.25) is 4.21 Å². The lowest BCUT2D eigenvalue weighted by Gasteiger charge is -2.03. The van der Waals surface area contributed by atoms with Gasteiger partial charge in [0.2, 0.25) is 0 Å². The van der Waals surface area contributed by atoms with Crippen molar-refractivity contribution in [3.8, 4) is 0 Å². The Hall–Kier alpha value is -0.930. The Morgan fingerprint density at radius 3 is 1.90 bits per heavy atom. The molecule has 0 aromatic rings. The number of epoxide rings is 1. The molecule has 0 aromatic heterocycles. The van der Waals surface area contributed by atoms with Gasteiger partial charge < -0.3 is 4.74 Å². The number of allylic oxidation sites excluding steroid dienone is 8. The molecule has 2 atom stereocenters. The lowest BCUT2D eigenvalue weighted by atomic mass is 10.0. The first kappa shape index (κ1) is 28.1. The normalized spacial score (nSPS) is 20.0. The number of unbranched alkanes of at least 4 members (excludes halogenated alkanes) is 1.